The minimum Gasteiger partial charge on any atom is -0.496 e. The summed E-state index contributed by atoms with van der Waals surface area (Å²) in [6.45, 7) is 6.28. The molecule has 0 bridgehead atoms. The van der Waals surface area contributed by atoms with Gasteiger partial charge in [-0.25, -0.2) is 0 Å². The first-order valence-corrected chi connectivity index (χ1v) is 11.4. The number of rotatable bonds is 6. The number of piperidine rings is 2. The first-order chi connectivity index (χ1) is 14.8. The number of methoxy groups -OCH3 is 1. The highest BCUT2D eigenvalue weighted by atomic mass is 35.5. The Hall–Kier alpha value is -2.03. The molecule has 172 valence electrons. The molecule has 3 rings (SSSR count). The Labute approximate surface area is 189 Å². The second-order valence-electron chi connectivity index (χ2n) is 8.68. The van der Waals surface area contributed by atoms with Crippen molar-refractivity contribution in [1.82, 2.24) is 15.1 Å². The van der Waals surface area contributed by atoms with Gasteiger partial charge in [0.05, 0.1) is 29.4 Å². The Kier molecular flexibility index (Phi) is 8.02. The van der Waals surface area contributed by atoms with Crippen LogP contribution in [0.2, 0.25) is 5.02 Å². The van der Waals surface area contributed by atoms with E-state index in [0.29, 0.717) is 27.9 Å². The highest BCUT2D eigenvalue weighted by Gasteiger charge is 2.28. The van der Waals surface area contributed by atoms with Gasteiger partial charge in [-0.1, -0.05) is 11.6 Å². The third kappa shape index (κ3) is 6.02. The minimum atomic E-state index is -0.421. The van der Waals surface area contributed by atoms with Gasteiger partial charge in [-0.3, -0.25) is 9.59 Å². The molecule has 0 saturated carbocycles. The fourth-order valence-corrected chi connectivity index (χ4v) is 4.59. The fraction of sp³-hybridized carbons (Fsp3) is 0.636. The van der Waals surface area contributed by atoms with Gasteiger partial charge >= 0.3 is 0 Å². The van der Waals surface area contributed by atoms with Crippen molar-refractivity contribution in [3.8, 4) is 5.75 Å². The van der Waals surface area contributed by atoms with Crippen LogP contribution in [0.25, 0.3) is 0 Å². The van der Waals surface area contributed by atoms with Gasteiger partial charge < -0.3 is 31.3 Å². The van der Waals surface area contributed by atoms with E-state index in [1.165, 1.54) is 7.11 Å². The summed E-state index contributed by atoms with van der Waals surface area (Å²) in [6.07, 6.45) is 3.84. The Morgan fingerprint density at radius 2 is 1.84 bits per heavy atom. The van der Waals surface area contributed by atoms with Gasteiger partial charge in [0.15, 0.2) is 0 Å². The normalized spacial score (nSPS) is 19.8. The largest absolute Gasteiger partial charge is 0.496 e. The van der Waals surface area contributed by atoms with E-state index in [1.807, 2.05) is 4.90 Å². The average molecular weight is 452 g/mol. The van der Waals surface area contributed by atoms with E-state index in [4.69, 9.17) is 27.8 Å². The number of benzene rings is 1. The van der Waals surface area contributed by atoms with Crippen LogP contribution in [0.15, 0.2) is 12.1 Å². The van der Waals surface area contributed by atoms with E-state index in [-0.39, 0.29) is 17.9 Å². The van der Waals surface area contributed by atoms with Crippen LogP contribution < -0.4 is 21.5 Å². The van der Waals surface area contributed by atoms with Gasteiger partial charge in [-0.2, -0.15) is 0 Å². The maximum atomic E-state index is 12.7. The number of hydrogen-bond acceptors (Lipinski definition) is 6. The number of nitrogens with two attached hydrogens (primary N) is 2. The number of anilines is 1. The van der Waals surface area contributed by atoms with Gasteiger partial charge in [0.25, 0.3) is 5.91 Å². The highest BCUT2D eigenvalue weighted by Crippen LogP contribution is 2.29. The molecule has 0 radical (unpaired) electrons. The first-order valence-electron chi connectivity index (χ1n) is 11.0. The lowest BCUT2D eigenvalue weighted by atomic mass is 9.94. The molecular formula is C22H34ClN5O3. The van der Waals surface area contributed by atoms with E-state index in [9.17, 15) is 9.59 Å². The smallest absolute Gasteiger partial charge is 0.255 e. The van der Waals surface area contributed by atoms with E-state index in [0.717, 1.165) is 58.4 Å². The summed E-state index contributed by atoms with van der Waals surface area (Å²) in [5.41, 5.74) is 12.3. The molecule has 2 aliphatic rings. The number of likely N-dealkylation sites (tertiary alicyclic amines) is 2. The van der Waals surface area contributed by atoms with Crippen LogP contribution >= 0.6 is 11.6 Å². The summed E-state index contributed by atoms with van der Waals surface area (Å²) >= 11 is 6.09. The molecular weight excluding hydrogens is 418 g/mol. The second-order valence-corrected chi connectivity index (χ2v) is 9.09. The van der Waals surface area contributed by atoms with Crippen molar-refractivity contribution < 1.29 is 14.3 Å². The highest BCUT2D eigenvalue weighted by molar-refractivity contribution is 6.33. The number of nitrogens with one attached hydrogen (secondary N) is 1. The molecule has 1 aromatic rings. The van der Waals surface area contributed by atoms with E-state index < -0.39 is 6.04 Å². The molecule has 2 heterocycles. The van der Waals surface area contributed by atoms with Crippen LogP contribution in [-0.4, -0.2) is 73.5 Å². The van der Waals surface area contributed by atoms with Crippen molar-refractivity contribution in [3.05, 3.63) is 22.7 Å². The predicted molar refractivity (Wildman–Crippen MR) is 122 cm³/mol. The number of carbonyl (C=O) groups excluding carboxylic acids is 2. The van der Waals surface area contributed by atoms with Gasteiger partial charge in [0.1, 0.15) is 5.75 Å². The van der Waals surface area contributed by atoms with Gasteiger partial charge in [0, 0.05) is 44.8 Å². The SMILES string of the molecule is COc1cc(N)c(Cl)cc1C(=O)NC1CCN(CC2CCN(C(=O)C(C)N)CC2)CC1. The number of nitrogen functional groups attached to an aromatic ring is 1. The first kappa shape index (κ1) is 23.6. The number of hydrogen-bond donors (Lipinski definition) is 3. The molecule has 2 saturated heterocycles. The fourth-order valence-electron chi connectivity index (χ4n) is 4.43. The molecule has 8 nitrogen and oxygen atoms in total. The molecule has 0 aromatic heterocycles. The molecule has 1 aromatic carbocycles. The monoisotopic (exact) mass is 451 g/mol. The van der Waals surface area contributed by atoms with Gasteiger partial charge in [-0.15, -0.1) is 0 Å². The predicted octanol–water partition coefficient (Wildman–Crippen LogP) is 1.71. The second kappa shape index (κ2) is 10.5. The summed E-state index contributed by atoms with van der Waals surface area (Å²) in [5, 5.41) is 3.45. The maximum Gasteiger partial charge on any atom is 0.255 e. The molecule has 2 aliphatic heterocycles. The minimum absolute atomic E-state index is 0.0500. The zero-order chi connectivity index (χ0) is 22.5. The van der Waals surface area contributed by atoms with Crippen molar-refractivity contribution in [2.24, 2.45) is 11.7 Å². The molecule has 31 heavy (non-hydrogen) atoms. The van der Waals surface area contributed by atoms with Crippen molar-refractivity contribution >= 4 is 29.1 Å². The molecule has 2 fully saturated rings. The van der Waals surface area contributed by atoms with Crippen molar-refractivity contribution in [1.29, 1.82) is 0 Å². The van der Waals surface area contributed by atoms with Crippen molar-refractivity contribution in [3.63, 3.8) is 0 Å². The van der Waals surface area contributed by atoms with E-state index in [2.05, 4.69) is 10.2 Å². The summed E-state index contributed by atoms with van der Waals surface area (Å²) < 4.78 is 5.29. The van der Waals surface area contributed by atoms with E-state index in [1.54, 1.807) is 19.1 Å². The molecule has 0 spiro atoms. The van der Waals surface area contributed by atoms with Gasteiger partial charge in [-0.05, 0) is 44.6 Å². The third-order valence-corrected chi connectivity index (χ3v) is 6.65. The number of halogens is 1. The van der Waals surface area contributed by atoms with E-state index >= 15 is 0 Å². The molecule has 0 aliphatic carbocycles. The number of nitrogens with zero attached hydrogens (tertiary/aromatic N) is 2. The summed E-state index contributed by atoms with van der Waals surface area (Å²) in [6, 6.07) is 2.83. The molecule has 1 unspecified atom stereocenters. The van der Waals surface area contributed by atoms with Crippen LogP contribution in [0, 0.1) is 5.92 Å². The molecule has 1 atom stereocenters. The zero-order valence-corrected chi connectivity index (χ0v) is 19.2. The Morgan fingerprint density at radius 1 is 1.19 bits per heavy atom. The Morgan fingerprint density at radius 3 is 2.42 bits per heavy atom. The molecule has 5 N–H and O–H groups in total. The Bertz CT molecular complexity index is 788. The van der Waals surface area contributed by atoms with Gasteiger partial charge in [0.2, 0.25) is 5.91 Å². The lowest BCUT2D eigenvalue weighted by Gasteiger charge is -2.38. The number of ether oxygens (including phenoxy) is 1. The lowest BCUT2D eigenvalue weighted by molar-refractivity contribution is -0.133. The summed E-state index contributed by atoms with van der Waals surface area (Å²) in [7, 11) is 1.51. The quantitative estimate of drug-likeness (QED) is 0.567. The maximum absolute atomic E-state index is 12.7. The topological polar surface area (TPSA) is 114 Å². The summed E-state index contributed by atoms with van der Waals surface area (Å²) in [4.78, 5) is 29.1. The average Bonchev–Trinajstić information content (AvgIpc) is 2.76. The Balaban J connectivity index is 1.44. The third-order valence-electron chi connectivity index (χ3n) is 6.32. The van der Waals surface area contributed by atoms with Crippen molar-refractivity contribution in [2.75, 3.05) is 45.6 Å². The van der Waals surface area contributed by atoms with Crippen LogP contribution in [-0.2, 0) is 4.79 Å². The van der Waals surface area contributed by atoms with Crippen LogP contribution in [0.5, 0.6) is 5.75 Å². The lowest BCUT2D eigenvalue weighted by Crippen LogP contribution is -2.49. The number of amides is 2. The standard InChI is InChI=1S/C22H34ClN5O3/c1-14(24)22(30)28-9-3-15(4-10-28)13-27-7-5-16(6-8-27)26-21(29)17-11-18(23)19(25)12-20(17)31-2/h11-12,14-16H,3-10,13,24-25H2,1-2H3,(H,26,29). The van der Waals surface area contributed by atoms with Crippen molar-refractivity contribution in [2.45, 2.75) is 44.7 Å². The van der Waals surface area contributed by atoms with Crippen LogP contribution in [0.3, 0.4) is 0 Å². The molecule has 9 heteroatoms. The zero-order valence-electron chi connectivity index (χ0n) is 18.4. The molecule has 2 amide bonds. The number of carbonyl (C=O) groups is 2. The van der Waals surface area contributed by atoms with Crippen LogP contribution in [0.1, 0.15) is 43.0 Å². The van der Waals surface area contributed by atoms with Crippen LogP contribution in [0.4, 0.5) is 5.69 Å². The summed E-state index contributed by atoms with van der Waals surface area (Å²) in [5.74, 6) is 0.882.